The zero-order valence-corrected chi connectivity index (χ0v) is 9.45. The van der Waals surface area contributed by atoms with Crippen LogP contribution in [0.3, 0.4) is 0 Å². The molecule has 0 aliphatic heterocycles. The Morgan fingerprint density at radius 3 is 2.93 bits per heavy atom. The molecule has 0 radical (unpaired) electrons. The van der Waals surface area contributed by atoms with Gasteiger partial charge in [0, 0.05) is 34.7 Å². The van der Waals surface area contributed by atoms with Crippen molar-refractivity contribution in [2.75, 3.05) is 0 Å². The first-order chi connectivity index (χ1) is 7.13. The van der Waals surface area contributed by atoms with Gasteiger partial charge < -0.3 is 0 Å². The molecule has 0 N–H and O–H groups in total. The van der Waals surface area contributed by atoms with Crippen LogP contribution in [0, 0.1) is 10.1 Å². The summed E-state index contributed by atoms with van der Waals surface area (Å²) in [5, 5.41) is 10.5. The summed E-state index contributed by atoms with van der Waals surface area (Å²) in [5.74, 6) is 0. The quantitative estimate of drug-likeness (QED) is 0.340. The summed E-state index contributed by atoms with van der Waals surface area (Å²) in [6, 6.07) is 6.47. The highest BCUT2D eigenvalue weighted by molar-refractivity contribution is 7.98. The third-order valence-corrected chi connectivity index (χ3v) is 2.71. The topological polar surface area (TPSA) is 55.5 Å². The van der Waals surface area contributed by atoms with Crippen LogP contribution in [0.5, 0.6) is 0 Å². The van der Waals surface area contributed by atoms with Crippen molar-refractivity contribution in [3.63, 3.8) is 0 Å². The minimum Gasteiger partial charge on any atom is -0.258 e. The van der Waals surface area contributed by atoms with Crippen molar-refractivity contribution in [3.8, 4) is 0 Å². The zero-order chi connectivity index (χ0) is 11.3. The molecular formula is C10H12N2O2S. The Morgan fingerprint density at radius 2 is 2.33 bits per heavy atom. The lowest BCUT2D eigenvalue weighted by molar-refractivity contribution is -0.385. The van der Waals surface area contributed by atoms with Gasteiger partial charge in [-0.3, -0.25) is 10.1 Å². The Morgan fingerprint density at radius 1 is 1.60 bits per heavy atom. The number of benzene rings is 1. The number of nitrogens with zero attached hydrogens (tertiary/aromatic N) is 2. The van der Waals surface area contributed by atoms with Crippen molar-refractivity contribution in [1.29, 1.82) is 0 Å². The third-order valence-electron chi connectivity index (χ3n) is 1.85. The van der Waals surface area contributed by atoms with Gasteiger partial charge in [0.05, 0.1) is 4.92 Å². The van der Waals surface area contributed by atoms with Crippen molar-refractivity contribution in [2.24, 2.45) is 4.40 Å². The Bertz CT molecular complexity index is 391. The Kier molecular flexibility index (Phi) is 4.30. The molecule has 0 unspecified atom stereocenters. The molecule has 4 nitrogen and oxygen atoms in total. The van der Waals surface area contributed by atoms with Crippen LogP contribution in [0.2, 0.25) is 0 Å². The molecule has 0 aromatic heterocycles. The van der Waals surface area contributed by atoms with Crippen LogP contribution in [0.25, 0.3) is 0 Å². The van der Waals surface area contributed by atoms with Crippen LogP contribution >= 0.6 is 11.9 Å². The molecule has 1 aromatic rings. The molecule has 0 aliphatic carbocycles. The first-order valence-corrected chi connectivity index (χ1v) is 5.35. The summed E-state index contributed by atoms with van der Waals surface area (Å²) in [5.41, 5.74) is 1.12. The van der Waals surface area contributed by atoms with Crippen LogP contribution < -0.4 is 0 Å². The first kappa shape index (κ1) is 11.7. The number of non-ortho nitro benzene ring substituents is 1. The van der Waals surface area contributed by atoms with E-state index in [4.69, 9.17) is 0 Å². The van der Waals surface area contributed by atoms with Gasteiger partial charge in [0.15, 0.2) is 0 Å². The lowest BCUT2D eigenvalue weighted by Crippen LogP contribution is -1.87. The van der Waals surface area contributed by atoms with E-state index in [-0.39, 0.29) is 5.69 Å². The van der Waals surface area contributed by atoms with Crippen molar-refractivity contribution in [3.05, 3.63) is 34.4 Å². The molecule has 0 fully saturated rings. The van der Waals surface area contributed by atoms with Gasteiger partial charge in [-0.1, -0.05) is 13.0 Å². The maximum absolute atomic E-state index is 10.5. The van der Waals surface area contributed by atoms with Crippen LogP contribution in [0.1, 0.15) is 20.3 Å². The lowest BCUT2D eigenvalue weighted by atomic mass is 10.3. The summed E-state index contributed by atoms with van der Waals surface area (Å²) < 4.78 is 4.22. The predicted octanol–water partition coefficient (Wildman–Crippen LogP) is 3.47. The van der Waals surface area contributed by atoms with E-state index in [1.165, 1.54) is 24.1 Å². The molecule has 80 valence electrons. The van der Waals surface area contributed by atoms with Crippen LogP contribution in [-0.4, -0.2) is 10.6 Å². The fourth-order valence-corrected chi connectivity index (χ4v) is 1.55. The molecular weight excluding hydrogens is 212 g/mol. The predicted molar refractivity (Wildman–Crippen MR) is 62.4 cm³/mol. The minimum atomic E-state index is -0.402. The average molecular weight is 224 g/mol. The van der Waals surface area contributed by atoms with Gasteiger partial charge >= 0.3 is 0 Å². The normalized spacial score (nSPS) is 11.5. The van der Waals surface area contributed by atoms with Crippen molar-refractivity contribution >= 4 is 23.3 Å². The summed E-state index contributed by atoms with van der Waals surface area (Å²) >= 11 is 1.27. The smallest absolute Gasteiger partial charge is 0.258 e. The molecule has 5 heteroatoms. The fourth-order valence-electron chi connectivity index (χ4n) is 0.849. The summed E-state index contributed by atoms with van der Waals surface area (Å²) in [4.78, 5) is 10.9. The standard InChI is InChI=1S/C10H12N2O2S/c1-3-8(2)11-15-10-6-4-5-9(7-10)12(13)14/h4-7H,3H2,1-2H3/b11-8-. The van der Waals surface area contributed by atoms with Crippen LogP contribution in [0.15, 0.2) is 33.6 Å². The molecule has 0 aliphatic rings. The highest BCUT2D eigenvalue weighted by Gasteiger charge is 2.05. The number of rotatable bonds is 4. The highest BCUT2D eigenvalue weighted by Crippen LogP contribution is 2.23. The minimum absolute atomic E-state index is 0.101. The van der Waals surface area contributed by atoms with Crippen molar-refractivity contribution in [2.45, 2.75) is 25.2 Å². The molecule has 0 saturated carbocycles. The summed E-state index contributed by atoms with van der Waals surface area (Å²) in [6.45, 7) is 3.96. The maximum atomic E-state index is 10.5. The fraction of sp³-hybridized carbons (Fsp3) is 0.300. The largest absolute Gasteiger partial charge is 0.270 e. The van der Waals surface area contributed by atoms with E-state index < -0.39 is 4.92 Å². The average Bonchev–Trinajstić information content (AvgIpc) is 2.26. The van der Waals surface area contributed by atoms with Crippen molar-refractivity contribution < 1.29 is 4.92 Å². The number of nitro groups is 1. The second-order valence-corrected chi connectivity index (χ2v) is 3.86. The maximum Gasteiger partial charge on any atom is 0.270 e. The van der Waals surface area contributed by atoms with E-state index in [9.17, 15) is 10.1 Å². The number of nitro benzene ring substituents is 1. The molecule has 0 heterocycles. The Balaban J connectivity index is 2.78. The molecule has 0 amide bonds. The lowest BCUT2D eigenvalue weighted by Gasteiger charge is -1.97. The van der Waals surface area contributed by atoms with Gasteiger partial charge in [0.2, 0.25) is 0 Å². The number of hydrogen-bond acceptors (Lipinski definition) is 4. The van der Waals surface area contributed by atoms with E-state index in [2.05, 4.69) is 4.40 Å². The highest BCUT2D eigenvalue weighted by atomic mass is 32.2. The molecule has 0 saturated heterocycles. The van der Waals surface area contributed by atoms with Crippen LogP contribution in [-0.2, 0) is 0 Å². The van der Waals surface area contributed by atoms with Gasteiger partial charge in [-0.15, -0.1) is 0 Å². The molecule has 0 spiro atoms. The molecule has 0 bridgehead atoms. The van der Waals surface area contributed by atoms with E-state index in [0.29, 0.717) is 0 Å². The molecule has 0 atom stereocenters. The van der Waals surface area contributed by atoms with Gasteiger partial charge in [-0.2, -0.15) is 0 Å². The van der Waals surface area contributed by atoms with Gasteiger partial charge in [0.1, 0.15) is 0 Å². The van der Waals surface area contributed by atoms with E-state index in [1.807, 2.05) is 19.9 Å². The summed E-state index contributed by atoms with van der Waals surface area (Å²) in [6.07, 6.45) is 0.891. The second kappa shape index (κ2) is 5.50. The van der Waals surface area contributed by atoms with E-state index >= 15 is 0 Å². The Hall–Kier alpha value is -1.36. The monoisotopic (exact) mass is 224 g/mol. The van der Waals surface area contributed by atoms with E-state index in [0.717, 1.165) is 17.0 Å². The van der Waals surface area contributed by atoms with E-state index in [1.54, 1.807) is 6.07 Å². The Labute approximate surface area is 92.7 Å². The van der Waals surface area contributed by atoms with Crippen LogP contribution in [0.4, 0.5) is 5.69 Å². The summed E-state index contributed by atoms with van der Waals surface area (Å²) in [7, 11) is 0. The third kappa shape index (κ3) is 3.71. The molecule has 15 heavy (non-hydrogen) atoms. The molecule has 1 aromatic carbocycles. The van der Waals surface area contributed by atoms with Gasteiger partial charge in [-0.25, -0.2) is 4.40 Å². The van der Waals surface area contributed by atoms with Gasteiger partial charge in [0.25, 0.3) is 5.69 Å². The first-order valence-electron chi connectivity index (χ1n) is 4.58. The zero-order valence-electron chi connectivity index (χ0n) is 8.64. The van der Waals surface area contributed by atoms with Gasteiger partial charge in [-0.05, 0) is 19.4 Å². The SMILES string of the molecule is CC/C(C)=N\Sc1cccc([N+](=O)[O-])c1. The van der Waals surface area contributed by atoms with Crippen molar-refractivity contribution in [1.82, 2.24) is 0 Å². The number of hydrogen-bond donors (Lipinski definition) is 0. The second-order valence-electron chi connectivity index (χ2n) is 3.03. The molecule has 1 rings (SSSR count).